The Morgan fingerprint density at radius 3 is 3.06 bits per heavy atom. The highest BCUT2D eigenvalue weighted by Gasteiger charge is 2.39. The fourth-order valence-electron chi connectivity index (χ4n) is 3.47. The van der Waals surface area contributed by atoms with Crippen LogP contribution in [0.1, 0.15) is 25.7 Å². The molecule has 2 bridgehead atoms. The minimum Gasteiger partial charge on any atom is -0.365 e. The molecule has 4 nitrogen and oxygen atoms in total. The maximum absolute atomic E-state index is 11.8. The normalized spacial score (nSPS) is 30.8. The van der Waals surface area contributed by atoms with Crippen molar-refractivity contribution in [2.24, 2.45) is 24.8 Å². The van der Waals surface area contributed by atoms with Gasteiger partial charge in [-0.15, -0.1) is 0 Å². The van der Waals surface area contributed by atoms with Gasteiger partial charge < -0.3 is 9.88 Å². The number of aromatic nitrogens is 2. The summed E-state index contributed by atoms with van der Waals surface area (Å²) >= 11 is 0. The Hall–Kier alpha value is -1.32. The van der Waals surface area contributed by atoms with E-state index < -0.39 is 0 Å². The van der Waals surface area contributed by atoms with Crippen LogP contribution in [0.3, 0.4) is 0 Å². The van der Waals surface area contributed by atoms with Crippen molar-refractivity contribution in [1.29, 1.82) is 0 Å². The average Bonchev–Trinajstić information content (AvgIpc) is 2.93. The molecule has 1 heterocycles. The molecule has 4 heteroatoms. The summed E-state index contributed by atoms with van der Waals surface area (Å²) in [5, 5.41) is 3.24. The zero-order valence-corrected chi connectivity index (χ0v) is 10.2. The lowest BCUT2D eigenvalue weighted by molar-refractivity contribution is 0.348. The Morgan fingerprint density at radius 2 is 2.35 bits per heavy atom. The molecule has 17 heavy (non-hydrogen) atoms. The van der Waals surface area contributed by atoms with Crippen LogP contribution in [-0.4, -0.2) is 16.1 Å². The summed E-state index contributed by atoms with van der Waals surface area (Å²) in [6, 6.07) is 0. The number of aryl methyl sites for hydroxylation is 1. The van der Waals surface area contributed by atoms with Gasteiger partial charge in [0.25, 0.3) is 5.56 Å². The van der Waals surface area contributed by atoms with Crippen LogP contribution >= 0.6 is 0 Å². The summed E-state index contributed by atoms with van der Waals surface area (Å²) in [6.45, 7) is 0.910. The molecule has 3 rings (SSSR count). The fourth-order valence-corrected chi connectivity index (χ4v) is 3.47. The lowest BCUT2D eigenvalue weighted by atomic mass is 9.89. The van der Waals surface area contributed by atoms with E-state index in [1.54, 1.807) is 24.0 Å². The molecule has 0 saturated heterocycles. The van der Waals surface area contributed by atoms with Gasteiger partial charge in [-0.25, -0.2) is 4.98 Å². The van der Waals surface area contributed by atoms with Gasteiger partial charge in [0.1, 0.15) is 0 Å². The second-order valence-corrected chi connectivity index (χ2v) is 5.51. The summed E-state index contributed by atoms with van der Waals surface area (Å²) in [7, 11) is 1.76. The monoisotopic (exact) mass is 233 g/mol. The van der Waals surface area contributed by atoms with Gasteiger partial charge in [-0.3, -0.25) is 4.79 Å². The van der Waals surface area contributed by atoms with Gasteiger partial charge in [0.2, 0.25) is 0 Å². The molecule has 3 unspecified atom stereocenters. The fraction of sp³-hybridized carbons (Fsp3) is 0.692. The van der Waals surface area contributed by atoms with E-state index in [1.165, 1.54) is 25.7 Å². The van der Waals surface area contributed by atoms with E-state index in [1.807, 2.05) is 0 Å². The van der Waals surface area contributed by atoms with Crippen molar-refractivity contribution in [3.8, 4) is 0 Å². The number of fused-ring (bicyclic) bond motifs is 2. The summed E-state index contributed by atoms with van der Waals surface area (Å²) in [5.41, 5.74) is -0.0318. The predicted octanol–water partition coefficient (Wildman–Crippen LogP) is 1.63. The molecule has 1 aromatic heterocycles. The summed E-state index contributed by atoms with van der Waals surface area (Å²) in [6.07, 6.45) is 8.91. The van der Waals surface area contributed by atoms with Gasteiger partial charge in [-0.05, 0) is 37.0 Å². The highest BCUT2D eigenvalue weighted by atomic mass is 16.1. The van der Waals surface area contributed by atoms with Crippen LogP contribution in [-0.2, 0) is 7.05 Å². The van der Waals surface area contributed by atoms with E-state index in [9.17, 15) is 4.79 Å². The Labute approximate surface area is 101 Å². The Balaban J connectivity index is 1.64. The molecule has 0 aliphatic heterocycles. The highest BCUT2D eigenvalue weighted by molar-refractivity contribution is 5.30. The Morgan fingerprint density at radius 1 is 1.47 bits per heavy atom. The van der Waals surface area contributed by atoms with Crippen LogP contribution in [0.2, 0.25) is 0 Å². The van der Waals surface area contributed by atoms with Crippen molar-refractivity contribution in [2.75, 3.05) is 11.9 Å². The summed E-state index contributed by atoms with van der Waals surface area (Å²) in [5.74, 6) is 3.09. The maximum atomic E-state index is 11.8. The average molecular weight is 233 g/mol. The van der Waals surface area contributed by atoms with Crippen molar-refractivity contribution in [2.45, 2.75) is 25.7 Å². The van der Waals surface area contributed by atoms with E-state index in [-0.39, 0.29) is 5.56 Å². The van der Waals surface area contributed by atoms with Crippen LogP contribution < -0.4 is 10.9 Å². The van der Waals surface area contributed by atoms with Gasteiger partial charge in [0, 0.05) is 26.0 Å². The number of nitrogens with zero attached hydrogens (tertiary/aromatic N) is 2. The molecule has 2 aliphatic carbocycles. The third-order valence-corrected chi connectivity index (χ3v) is 4.43. The molecule has 0 amide bonds. The number of hydrogen-bond acceptors (Lipinski definition) is 3. The second-order valence-electron chi connectivity index (χ2n) is 5.51. The van der Waals surface area contributed by atoms with Crippen LogP contribution in [0.15, 0.2) is 17.2 Å². The largest absolute Gasteiger partial charge is 0.365 e. The van der Waals surface area contributed by atoms with Gasteiger partial charge in [-0.1, -0.05) is 6.42 Å². The molecule has 0 spiro atoms. The lowest BCUT2D eigenvalue weighted by Gasteiger charge is -2.21. The molecule has 0 radical (unpaired) electrons. The number of anilines is 1. The standard InChI is InChI=1S/C13H19N3O/c1-16-5-4-14-12(13(16)17)15-8-11-7-9-2-3-10(11)6-9/h4-5,9-11H,2-3,6-8H2,1H3,(H,14,15). The van der Waals surface area contributed by atoms with E-state index in [2.05, 4.69) is 10.3 Å². The van der Waals surface area contributed by atoms with Crippen molar-refractivity contribution in [1.82, 2.24) is 9.55 Å². The molecule has 2 saturated carbocycles. The van der Waals surface area contributed by atoms with Gasteiger partial charge >= 0.3 is 0 Å². The molecule has 2 aliphatic rings. The predicted molar refractivity (Wildman–Crippen MR) is 66.9 cm³/mol. The lowest BCUT2D eigenvalue weighted by Crippen LogP contribution is -2.26. The van der Waals surface area contributed by atoms with E-state index in [0.29, 0.717) is 5.82 Å². The number of rotatable bonds is 3. The van der Waals surface area contributed by atoms with Crippen LogP contribution in [0.4, 0.5) is 5.82 Å². The summed E-state index contributed by atoms with van der Waals surface area (Å²) < 4.78 is 1.57. The van der Waals surface area contributed by atoms with Crippen molar-refractivity contribution in [3.63, 3.8) is 0 Å². The second kappa shape index (κ2) is 4.17. The zero-order valence-electron chi connectivity index (χ0n) is 10.2. The van der Waals surface area contributed by atoms with E-state index in [4.69, 9.17) is 0 Å². The van der Waals surface area contributed by atoms with Crippen molar-refractivity contribution >= 4 is 5.82 Å². The quantitative estimate of drug-likeness (QED) is 0.863. The zero-order chi connectivity index (χ0) is 11.8. The van der Waals surface area contributed by atoms with Gasteiger partial charge in [0.05, 0.1) is 0 Å². The minimum atomic E-state index is -0.0318. The molecule has 1 aromatic rings. The third kappa shape index (κ3) is 1.96. The topological polar surface area (TPSA) is 46.9 Å². The molecule has 1 N–H and O–H groups in total. The van der Waals surface area contributed by atoms with E-state index in [0.717, 1.165) is 24.3 Å². The third-order valence-electron chi connectivity index (χ3n) is 4.43. The molecule has 2 fully saturated rings. The molecule has 92 valence electrons. The van der Waals surface area contributed by atoms with Crippen LogP contribution in [0, 0.1) is 17.8 Å². The molecule has 3 atom stereocenters. The minimum absolute atomic E-state index is 0.0318. The Bertz CT molecular complexity index is 468. The first-order chi connectivity index (χ1) is 8.24. The maximum Gasteiger partial charge on any atom is 0.293 e. The Kier molecular flexibility index (Phi) is 2.65. The number of nitrogens with one attached hydrogen (secondary N) is 1. The summed E-state index contributed by atoms with van der Waals surface area (Å²) in [4.78, 5) is 15.9. The highest BCUT2D eigenvalue weighted by Crippen LogP contribution is 2.48. The van der Waals surface area contributed by atoms with Crippen LogP contribution in [0.25, 0.3) is 0 Å². The smallest absolute Gasteiger partial charge is 0.293 e. The van der Waals surface area contributed by atoms with Crippen LogP contribution in [0.5, 0.6) is 0 Å². The first-order valence-electron chi connectivity index (χ1n) is 6.49. The van der Waals surface area contributed by atoms with Crippen molar-refractivity contribution in [3.05, 3.63) is 22.7 Å². The van der Waals surface area contributed by atoms with Crippen molar-refractivity contribution < 1.29 is 0 Å². The van der Waals surface area contributed by atoms with Gasteiger partial charge in [-0.2, -0.15) is 0 Å². The first-order valence-corrected chi connectivity index (χ1v) is 6.49. The molecular weight excluding hydrogens is 214 g/mol. The number of hydrogen-bond donors (Lipinski definition) is 1. The molecular formula is C13H19N3O. The first kappa shape index (κ1) is 10.8. The SMILES string of the molecule is Cn1ccnc(NCC2CC3CCC2C3)c1=O. The van der Waals surface area contributed by atoms with E-state index >= 15 is 0 Å². The molecule has 0 aromatic carbocycles. The van der Waals surface area contributed by atoms with Gasteiger partial charge in [0.15, 0.2) is 5.82 Å².